The van der Waals surface area contributed by atoms with E-state index in [4.69, 9.17) is 10.9 Å². The van der Waals surface area contributed by atoms with Crippen molar-refractivity contribution in [1.82, 2.24) is 0 Å². The molecule has 0 aromatic heterocycles. The largest absolute Gasteiger partial charge is 0.438 e. The summed E-state index contributed by atoms with van der Waals surface area (Å²) in [4.78, 5) is 10.2. The number of hydrogen-bond donors (Lipinski definition) is 2. The molecule has 0 aromatic rings. The SMILES string of the molecule is COC[C@@H](C=NO)OC(N)=O. The van der Waals surface area contributed by atoms with Gasteiger partial charge in [0.15, 0.2) is 6.10 Å². The van der Waals surface area contributed by atoms with E-state index in [0.29, 0.717) is 0 Å². The quantitative estimate of drug-likeness (QED) is 0.332. The van der Waals surface area contributed by atoms with Gasteiger partial charge >= 0.3 is 6.09 Å². The molecule has 11 heavy (non-hydrogen) atoms. The summed E-state index contributed by atoms with van der Waals surface area (Å²) in [5.74, 6) is 0. The van der Waals surface area contributed by atoms with Crippen LogP contribution in [0.25, 0.3) is 0 Å². The van der Waals surface area contributed by atoms with Gasteiger partial charge in [-0.1, -0.05) is 5.16 Å². The lowest BCUT2D eigenvalue weighted by atomic mass is 10.4. The molecule has 0 aromatic carbocycles. The van der Waals surface area contributed by atoms with E-state index < -0.39 is 12.2 Å². The van der Waals surface area contributed by atoms with Gasteiger partial charge in [-0.2, -0.15) is 0 Å². The summed E-state index contributed by atoms with van der Waals surface area (Å²) in [6.07, 6.45) is -0.664. The molecule has 0 rings (SSSR count). The van der Waals surface area contributed by atoms with E-state index in [-0.39, 0.29) is 6.61 Å². The number of methoxy groups -OCH3 is 1. The number of nitrogens with two attached hydrogens (primary N) is 1. The third-order valence-corrected chi connectivity index (χ3v) is 0.831. The van der Waals surface area contributed by atoms with Gasteiger partial charge in [-0.05, 0) is 0 Å². The van der Waals surface area contributed by atoms with E-state index >= 15 is 0 Å². The minimum Gasteiger partial charge on any atom is -0.438 e. The fourth-order valence-electron chi connectivity index (χ4n) is 0.495. The van der Waals surface area contributed by atoms with Gasteiger partial charge in [0.2, 0.25) is 0 Å². The van der Waals surface area contributed by atoms with Crippen LogP contribution in [0, 0.1) is 0 Å². The Bertz CT molecular complexity index is 147. The Morgan fingerprint density at radius 1 is 1.91 bits per heavy atom. The molecule has 0 unspecified atom stereocenters. The van der Waals surface area contributed by atoms with Crippen LogP contribution in [-0.2, 0) is 9.47 Å². The van der Waals surface area contributed by atoms with Crippen molar-refractivity contribution in [3.63, 3.8) is 0 Å². The summed E-state index contributed by atoms with van der Waals surface area (Å²) < 4.78 is 9.06. The average Bonchev–Trinajstić information content (AvgIpc) is 1.87. The van der Waals surface area contributed by atoms with Crippen LogP contribution in [0.15, 0.2) is 5.16 Å². The first-order chi connectivity index (χ1) is 5.20. The maximum absolute atomic E-state index is 10.2. The molecule has 0 fully saturated rings. The summed E-state index contributed by atoms with van der Waals surface area (Å²) in [6, 6.07) is 0. The van der Waals surface area contributed by atoms with Crippen LogP contribution in [0.1, 0.15) is 0 Å². The molecule has 0 aliphatic rings. The van der Waals surface area contributed by atoms with Crippen molar-refractivity contribution in [1.29, 1.82) is 0 Å². The van der Waals surface area contributed by atoms with Crippen LogP contribution in [-0.4, -0.2) is 37.3 Å². The minimum absolute atomic E-state index is 0.104. The summed E-state index contributed by atoms with van der Waals surface area (Å²) >= 11 is 0. The van der Waals surface area contributed by atoms with Crippen LogP contribution in [0.2, 0.25) is 0 Å². The highest BCUT2D eigenvalue weighted by Gasteiger charge is 2.08. The molecule has 1 amide bonds. The van der Waals surface area contributed by atoms with Crippen LogP contribution in [0.3, 0.4) is 0 Å². The number of rotatable bonds is 4. The molecule has 6 heteroatoms. The van der Waals surface area contributed by atoms with E-state index in [1.54, 1.807) is 0 Å². The van der Waals surface area contributed by atoms with Crippen LogP contribution < -0.4 is 5.73 Å². The van der Waals surface area contributed by atoms with Crippen molar-refractivity contribution in [2.75, 3.05) is 13.7 Å². The Hall–Kier alpha value is -1.30. The number of primary amides is 1. The molecule has 3 N–H and O–H groups in total. The molecule has 6 nitrogen and oxygen atoms in total. The van der Waals surface area contributed by atoms with Gasteiger partial charge in [-0.25, -0.2) is 4.79 Å². The molecule has 0 aliphatic heterocycles. The summed E-state index contributed by atoms with van der Waals surface area (Å²) in [5.41, 5.74) is 4.69. The number of nitrogens with zero attached hydrogens (tertiary/aromatic N) is 1. The van der Waals surface area contributed by atoms with Crippen LogP contribution in [0.5, 0.6) is 0 Å². The molecular weight excluding hydrogens is 152 g/mol. The maximum atomic E-state index is 10.2. The third kappa shape index (κ3) is 5.16. The van der Waals surface area contributed by atoms with Crippen LogP contribution >= 0.6 is 0 Å². The van der Waals surface area contributed by atoms with E-state index in [1.165, 1.54) is 7.11 Å². The van der Waals surface area contributed by atoms with E-state index in [0.717, 1.165) is 6.21 Å². The Labute approximate surface area is 63.6 Å². The lowest BCUT2D eigenvalue weighted by Gasteiger charge is -2.08. The van der Waals surface area contributed by atoms with Gasteiger partial charge in [0.1, 0.15) is 0 Å². The Kier molecular flexibility index (Phi) is 4.83. The average molecular weight is 162 g/mol. The lowest BCUT2D eigenvalue weighted by molar-refractivity contribution is 0.0782. The zero-order chi connectivity index (χ0) is 8.69. The van der Waals surface area contributed by atoms with Crippen molar-refractivity contribution in [3.8, 4) is 0 Å². The topological polar surface area (TPSA) is 94.1 Å². The number of oxime groups is 1. The smallest absolute Gasteiger partial charge is 0.405 e. The highest BCUT2D eigenvalue weighted by molar-refractivity contribution is 5.70. The van der Waals surface area contributed by atoms with E-state index in [9.17, 15) is 4.79 Å². The second-order valence-corrected chi connectivity index (χ2v) is 1.70. The standard InChI is InChI=1S/C5H10N2O4/c1-10-3-4(2-7-9)11-5(6)8/h2,4,9H,3H2,1H3,(H2,6,8)/t4-/m1/s1. The zero-order valence-corrected chi connectivity index (χ0v) is 6.06. The third-order valence-electron chi connectivity index (χ3n) is 0.831. The highest BCUT2D eigenvalue weighted by atomic mass is 16.6. The van der Waals surface area contributed by atoms with E-state index in [1.807, 2.05) is 0 Å². The molecule has 64 valence electrons. The second kappa shape index (κ2) is 5.48. The normalized spacial score (nSPS) is 13.2. The van der Waals surface area contributed by atoms with Gasteiger partial charge < -0.3 is 20.4 Å². The maximum Gasteiger partial charge on any atom is 0.405 e. The van der Waals surface area contributed by atoms with E-state index in [2.05, 4.69) is 14.6 Å². The zero-order valence-electron chi connectivity index (χ0n) is 6.06. The monoisotopic (exact) mass is 162 g/mol. The van der Waals surface area contributed by atoms with Crippen LogP contribution in [0.4, 0.5) is 4.79 Å². The van der Waals surface area contributed by atoms with Crippen molar-refractivity contribution >= 4 is 12.3 Å². The predicted molar refractivity (Wildman–Crippen MR) is 36.6 cm³/mol. The molecule has 0 radical (unpaired) electrons. The molecule has 1 atom stereocenters. The van der Waals surface area contributed by atoms with Gasteiger partial charge in [-0.3, -0.25) is 0 Å². The highest BCUT2D eigenvalue weighted by Crippen LogP contribution is 1.88. The molecular formula is C5H10N2O4. The fraction of sp³-hybridized carbons (Fsp3) is 0.600. The number of ether oxygens (including phenoxy) is 2. The Morgan fingerprint density at radius 2 is 2.55 bits per heavy atom. The van der Waals surface area contributed by atoms with Crippen molar-refractivity contribution in [2.45, 2.75) is 6.10 Å². The Morgan fingerprint density at radius 3 is 2.91 bits per heavy atom. The molecule has 0 bridgehead atoms. The summed E-state index contributed by atoms with van der Waals surface area (Å²) in [6.45, 7) is 0.104. The van der Waals surface area contributed by atoms with Gasteiger partial charge in [-0.15, -0.1) is 0 Å². The first-order valence-corrected chi connectivity index (χ1v) is 2.83. The lowest BCUT2D eigenvalue weighted by Crippen LogP contribution is -2.27. The van der Waals surface area contributed by atoms with Crippen molar-refractivity contribution in [3.05, 3.63) is 0 Å². The summed E-state index contributed by atoms with van der Waals surface area (Å²) in [5, 5.41) is 10.7. The van der Waals surface area contributed by atoms with Gasteiger partial charge in [0.05, 0.1) is 12.8 Å². The Balaban J connectivity index is 3.78. The number of hydrogen-bond acceptors (Lipinski definition) is 5. The van der Waals surface area contributed by atoms with Gasteiger partial charge in [0.25, 0.3) is 0 Å². The van der Waals surface area contributed by atoms with Crippen molar-refractivity contribution < 1.29 is 19.5 Å². The summed E-state index contributed by atoms with van der Waals surface area (Å²) in [7, 11) is 1.42. The minimum atomic E-state index is -0.938. The number of amides is 1. The number of carbonyl (C=O) groups is 1. The molecule has 0 heterocycles. The predicted octanol–water partition coefficient (Wildman–Crippen LogP) is -0.443. The first kappa shape index (κ1) is 9.70. The van der Waals surface area contributed by atoms with Gasteiger partial charge in [0, 0.05) is 7.11 Å². The fourth-order valence-corrected chi connectivity index (χ4v) is 0.495. The molecule has 0 spiro atoms. The molecule has 0 saturated carbocycles. The second-order valence-electron chi connectivity index (χ2n) is 1.70. The number of carbonyl (C=O) groups excluding carboxylic acids is 1. The molecule has 0 saturated heterocycles. The first-order valence-electron chi connectivity index (χ1n) is 2.83. The molecule has 0 aliphatic carbocycles. The van der Waals surface area contributed by atoms with Crippen molar-refractivity contribution in [2.24, 2.45) is 10.9 Å².